The van der Waals surface area contributed by atoms with E-state index in [-0.39, 0.29) is 5.75 Å². The van der Waals surface area contributed by atoms with Crippen LogP contribution < -0.4 is 4.74 Å². The molecular formula is C13H13F2NO. The molecule has 0 spiro atoms. The van der Waals surface area contributed by atoms with E-state index in [2.05, 4.69) is 4.74 Å². The van der Waals surface area contributed by atoms with E-state index in [0.29, 0.717) is 5.69 Å². The van der Waals surface area contributed by atoms with Crippen LogP contribution in [-0.4, -0.2) is 11.2 Å². The maximum atomic E-state index is 12.3. The van der Waals surface area contributed by atoms with Crippen LogP contribution in [0.15, 0.2) is 36.4 Å². The first-order valence-corrected chi connectivity index (χ1v) is 5.29. The zero-order valence-electron chi connectivity index (χ0n) is 9.65. The number of alkyl halides is 2. The van der Waals surface area contributed by atoms with Crippen molar-refractivity contribution in [3.8, 4) is 11.4 Å². The van der Waals surface area contributed by atoms with Crippen molar-refractivity contribution in [1.29, 1.82) is 0 Å². The first-order valence-electron chi connectivity index (χ1n) is 5.29. The summed E-state index contributed by atoms with van der Waals surface area (Å²) in [4.78, 5) is 0. The van der Waals surface area contributed by atoms with Crippen LogP contribution in [-0.2, 0) is 0 Å². The van der Waals surface area contributed by atoms with Gasteiger partial charge in [-0.05, 0) is 38.1 Å². The van der Waals surface area contributed by atoms with Gasteiger partial charge in [-0.15, -0.1) is 0 Å². The van der Waals surface area contributed by atoms with Gasteiger partial charge in [0.1, 0.15) is 5.75 Å². The topological polar surface area (TPSA) is 14.2 Å². The number of ether oxygens (including phenoxy) is 1. The molecule has 0 amide bonds. The third-order valence-electron chi connectivity index (χ3n) is 2.59. The fourth-order valence-corrected chi connectivity index (χ4v) is 1.89. The van der Waals surface area contributed by atoms with Crippen molar-refractivity contribution in [3.05, 3.63) is 47.8 Å². The summed E-state index contributed by atoms with van der Waals surface area (Å²) >= 11 is 0. The first-order chi connectivity index (χ1) is 8.09. The van der Waals surface area contributed by atoms with Crippen molar-refractivity contribution in [2.75, 3.05) is 0 Å². The number of hydrogen-bond donors (Lipinski definition) is 0. The Kier molecular flexibility index (Phi) is 3.13. The van der Waals surface area contributed by atoms with Crippen molar-refractivity contribution >= 4 is 0 Å². The number of halogens is 2. The summed E-state index contributed by atoms with van der Waals surface area (Å²) in [7, 11) is 0. The molecule has 0 N–H and O–H groups in total. The fraction of sp³-hybridized carbons (Fsp3) is 0.231. The number of nitrogens with zero attached hydrogens (tertiary/aromatic N) is 1. The van der Waals surface area contributed by atoms with Gasteiger partial charge in [0.05, 0.1) is 5.69 Å². The molecule has 0 aliphatic rings. The maximum absolute atomic E-state index is 12.3. The highest BCUT2D eigenvalue weighted by Gasteiger charge is 2.12. The van der Waals surface area contributed by atoms with Gasteiger partial charge < -0.3 is 9.30 Å². The van der Waals surface area contributed by atoms with Crippen LogP contribution in [0.25, 0.3) is 5.69 Å². The van der Waals surface area contributed by atoms with Gasteiger partial charge in [-0.3, -0.25) is 0 Å². The lowest BCUT2D eigenvalue weighted by Gasteiger charge is -2.14. The summed E-state index contributed by atoms with van der Waals surface area (Å²) < 4.78 is 31.0. The van der Waals surface area contributed by atoms with E-state index in [1.807, 2.05) is 30.5 Å². The second kappa shape index (κ2) is 4.57. The molecule has 2 rings (SSSR count). The molecule has 4 heteroatoms. The molecule has 0 saturated heterocycles. The lowest BCUT2D eigenvalue weighted by Crippen LogP contribution is -2.07. The molecule has 0 radical (unpaired) electrons. The van der Waals surface area contributed by atoms with Crippen molar-refractivity contribution < 1.29 is 13.5 Å². The molecule has 0 atom stereocenters. The quantitative estimate of drug-likeness (QED) is 0.794. The van der Waals surface area contributed by atoms with Gasteiger partial charge in [-0.25, -0.2) is 0 Å². The molecule has 0 fully saturated rings. The Bertz CT molecular complexity index is 500. The SMILES string of the molecule is Cc1ccc(C)n1-c1ccccc1OC(F)F. The van der Waals surface area contributed by atoms with E-state index in [0.717, 1.165) is 11.4 Å². The van der Waals surface area contributed by atoms with Gasteiger partial charge in [0.25, 0.3) is 0 Å². The van der Waals surface area contributed by atoms with Crippen LogP contribution >= 0.6 is 0 Å². The standard InChI is InChI=1S/C13H13F2NO/c1-9-7-8-10(2)16(9)11-5-3-4-6-12(11)17-13(14)15/h3-8,13H,1-2H3. The highest BCUT2D eigenvalue weighted by molar-refractivity contribution is 5.49. The van der Waals surface area contributed by atoms with Gasteiger partial charge in [0, 0.05) is 11.4 Å². The maximum Gasteiger partial charge on any atom is 0.387 e. The van der Waals surface area contributed by atoms with E-state index in [9.17, 15) is 8.78 Å². The van der Waals surface area contributed by atoms with Gasteiger partial charge in [0.2, 0.25) is 0 Å². The minimum absolute atomic E-state index is 0.185. The number of benzene rings is 1. The summed E-state index contributed by atoms with van der Waals surface area (Å²) in [5.74, 6) is 0.185. The Morgan fingerprint density at radius 1 is 1.00 bits per heavy atom. The number of aryl methyl sites for hydroxylation is 2. The van der Waals surface area contributed by atoms with E-state index in [1.54, 1.807) is 24.3 Å². The molecular weight excluding hydrogens is 224 g/mol. The lowest BCUT2D eigenvalue weighted by atomic mass is 10.2. The number of para-hydroxylation sites is 2. The largest absolute Gasteiger partial charge is 0.433 e. The van der Waals surface area contributed by atoms with Crippen LogP contribution in [0.1, 0.15) is 11.4 Å². The fourth-order valence-electron chi connectivity index (χ4n) is 1.89. The predicted molar refractivity (Wildman–Crippen MR) is 61.9 cm³/mol. The Morgan fingerprint density at radius 3 is 2.18 bits per heavy atom. The van der Waals surface area contributed by atoms with Crippen molar-refractivity contribution in [1.82, 2.24) is 4.57 Å². The number of hydrogen-bond acceptors (Lipinski definition) is 1. The predicted octanol–water partition coefficient (Wildman–Crippen LogP) is 3.70. The van der Waals surface area contributed by atoms with Crippen LogP contribution in [0.5, 0.6) is 5.75 Å². The third kappa shape index (κ3) is 2.30. The molecule has 2 aromatic rings. The lowest BCUT2D eigenvalue weighted by molar-refractivity contribution is -0.0498. The zero-order valence-corrected chi connectivity index (χ0v) is 9.65. The Balaban J connectivity index is 2.52. The number of rotatable bonds is 3. The molecule has 1 aromatic carbocycles. The molecule has 1 aromatic heterocycles. The molecule has 0 unspecified atom stereocenters. The molecule has 0 aliphatic heterocycles. The average Bonchev–Trinajstić information content (AvgIpc) is 2.59. The van der Waals surface area contributed by atoms with Gasteiger partial charge in [-0.1, -0.05) is 12.1 Å². The van der Waals surface area contributed by atoms with E-state index < -0.39 is 6.61 Å². The summed E-state index contributed by atoms with van der Waals surface area (Å²) in [5.41, 5.74) is 2.59. The molecule has 1 heterocycles. The zero-order chi connectivity index (χ0) is 12.4. The van der Waals surface area contributed by atoms with Gasteiger partial charge >= 0.3 is 6.61 Å². The van der Waals surface area contributed by atoms with Crippen LogP contribution in [0.2, 0.25) is 0 Å². The Morgan fingerprint density at radius 2 is 1.59 bits per heavy atom. The van der Waals surface area contributed by atoms with E-state index in [4.69, 9.17) is 0 Å². The van der Waals surface area contributed by atoms with Crippen LogP contribution in [0, 0.1) is 13.8 Å². The summed E-state index contributed by atoms with van der Waals surface area (Å²) in [6.07, 6.45) is 0. The Labute approximate surface area is 98.4 Å². The van der Waals surface area contributed by atoms with E-state index >= 15 is 0 Å². The van der Waals surface area contributed by atoms with Crippen molar-refractivity contribution in [2.45, 2.75) is 20.5 Å². The normalized spacial score (nSPS) is 10.9. The first kappa shape index (κ1) is 11.6. The van der Waals surface area contributed by atoms with E-state index in [1.165, 1.54) is 0 Å². The van der Waals surface area contributed by atoms with Crippen molar-refractivity contribution in [2.24, 2.45) is 0 Å². The van der Waals surface area contributed by atoms with Gasteiger partial charge in [-0.2, -0.15) is 8.78 Å². The second-order valence-electron chi connectivity index (χ2n) is 3.80. The second-order valence-corrected chi connectivity index (χ2v) is 3.80. The minimum Gasteiger partial charge on any atom is -0.433 e. The molecule has 0 saturated carbocycles. The van der Waals surface area contributed by atoms with Crippen LogP contribution in [0.3, 0.4) is 0 Å². The average molecular weight is 237 g/mol. The molecule has 0 bridgehead atoms. The smallest absolute Gasteiger partial charge is 0.387 e. The summed E-state index contributed by atoms with van der Waals surface area (Å²) in [6.45, 7) is 1.03. The molecule has 90 valence electrons. The summed E-state index contributed by atoms with van der Waals surface area (Å²) in [5, 5.41) is 0. The van der Waals surface area contributed by atoms with Crippen molar-refractivity contribution in [3.63, 3.8) is 0 Å². The summed E-state index contributed by atoms with van der Waals surface area (Å²) in [6, 6.07) is 10.7. The van der Waals surface area contributed by atoms with Crippen LogP contribution in [0.4, 0.5) is 8.78 Å². The molecule has 0 aliphatic carbocycles. The highest BCUT2D eigenvalue weighted by atomic mass is 19.3. The van der Waals surface area contributed by atoms with Gasteiger partial charge in [0.15, 0.2) is 0 Å². The third-order valence-corrected chi connectivity index (χ3v) is 2.59. The number of aromatic nitrogens is 1. The Hall–Kier alpha value is -1.84. The molecule has 17 heavy (non-hydrogen) atoms. The highest BCUT2D eigenvalue weighted by Crippen LogP contribution is 2.27. The monoisotopic (exact) mass is 237 g/mol. The minimum atomic E-state index is -2.81. The molecule has 2 nitrogen and oxygen atoms in total.